The van der Waals surface area contributed by atoms with Crippen LogP contribution in [0.1, 0.15) is 10.5 Å². The smallest absolute Gasteiger partial charge is 0.324 e. The molecule has 0 radical (unpaired) electrons. The van der Waals surface area contributed by atoms with Crippen molar-refractivity contribution in [1.29, 1.82) is 0 Å². The number of aromatic nitrogens is 5. The summed E-state index contributed by atoms with van der Waals surface area (Å²) >= 11 is 0. The van der Waals surface area contributed by atoms with Gasteiger partial charge < -0.3 is 23.8 Å². The second kappa shape index (κ2) is 6.69. The van der Waals surface area contributed by atoms with E-state index in [1.54, 1.807) is 29.0 Å². The van der Waals surface area contributed by atoms with E-state index in [1.165, 1.54) is 14.2 Å². The van der Waals surface area contributed by atoms with Crippen molar-refractivity contribution >= 4 is 11.9 Å². The Labute approximate surface area is 139 Å². The van der Waals surface area contributed by atoms with Crippen molar-refractivity contribution < 1.29 is 14.3 Å². The Kier molecular flexibility index (Phi) is 4.45. The number of piperazine rings is 1. The van der Waals surface area contributed by atoms with Crippen molar-refractivity contribution in [1.82, 2.24) is 29.4 Å². The quantitative estimate of drug-likeness (QED) is 0.744. The molecule has 10 heteroatoms. The molecule has 128 valence electrons. The first-order valence-electron chi connectivity index (χ1n) is 7.47. The van der Waals surface area contributed by atoms with Gasteiger partial charge in [0.25, 0.3) is 5.91 Å². The van der Waals surface area contributed by atoms with Crippen LogP contribution < -0.4 is 14.4 Å². The number of aryl methyl sites for hydroxylation is 1. The molecule has 2 aromatic rings. The summed E-state index contributed by atoms with van der Waals surface area (Å²) in [5.41, 5.74) is 0.576. The molecule has 0 aliphatic carbocycles. The van der Waals surface area contributed by atoms with Gasteiger partial charge in [0.15, 0.2) is 0 Å². The van der Waals surface area contributed by atoms with Crippen LogP contribution in [-0.4, -0.2) is 75.7 Å². The molecule has 3 rings (SSSR count). The minimum Gasteiger partial charge on any atom is -0.467 e. The fraction of sp³-hybridized carbons (Fsp3) is 0.500. The van der Waals surface area contributed by atoms with Crippen LogP contribution in [-0.2, 0) is 7.05 Å². The van der Waals surface area contributed by atoms with Crippen LogP contribution in [0.4, 0.5) is 5.95 Å². The summed E-state index contributed by atoms with van der Waals surface area (Å²) in [7, 11) is 4.78. The molecule has 2 aromatic heterocycles. The second-order valence-corrected chi connectivity index (χ2v) is 5.28. The number of carbonyl (C=O) groups excluding carboxylic acids is 1. The lowest BCUT2D eigenvalue weighted by molar-refractivity contribution is 0.0736. The third-order valence-corrected chi connectivity index (χ3v) is 3.83. The molecule has 0 saturated carbocycles. The first-order valence-corrected chi connectivity index (χ1v) is 7.47. The van der Waals surface area contributed by atoms with Crippen molar-refractivity contribution in [2.75, 3.05) is 45.3 Å². The largest absolute Gasteiger partial charge is 0.467 e. The molecule has 0 atom stereocenters. The summed E-state index contributed by atoms with van der Waals surface area (Å²) in [6.07, 6.45) is 3.20. The van der Waals surface area contributed by atoms with Gasteiger partial charge in [-0.3, -0.25) is 4.79 Å². The van der Waals surface area contributed by atoms with Gasteiger partial charge in [-0.2, -0.15) is 9.97 Å². The van der Waals surface area contributed by atoms with Gasteiger partial charge in [0.2, 0.25) is 5.95 Å². The Bertz CT molecular complexity index is 703. The molecule has 1 aliphatic heterocycles. The highest BCUT2D eigenvalue weighted by molar-refractivity contribution is 5.92. The summed E-state index contributed by atoms with van der Waals surface area (Å²) < 4.78 is 11.9. The van der Waals surface area contributed by atoms with Gasteiger partial charge in [-0.1, -0.05) is 0 Å². The summed E-state index contributed by atoms with van der Waals surface area (Å²) in [4.78, 5) is 32.7. The lowest BCUT2D eigenvalue weighted by Gasteiger charge is -2.34. The number of hydrogen-bond acceptors (Lipinski definition) is 8. The molecule has 0 N–H and O–H groups in total. The molecular weight excluding hydrogens is 314 g/mol. The fourth-order valence-electron chi connectivity index (χ4n) is 2.49. The number of carbonyl (C=O) groups is 1. The van der Waals surface area contributed by atoms with E-state index < -0.39 is 0 Å². The maximum Gasteiger partial charge on any atom is 0.324 e. The molecule has 1 amide bonds. The minimum atomic E-state index is -0.0274. The van der Waals surface area contributed by atoms with Crippen molar-refractivity contribution in [3.63, 3.8) is 0 Å². The number of ether oxygens (including phenoxy) is 2. The lowest BCUT2D eigenvalue weighted by Crippen LogP contribution is -2.49. The third-order valence-electron chi connectivity index (χ3n) is 3.83. The lowest BCUT2D eigenvalue weighted by atomic mass is 10.3. The van der Waals surface area contributed by atoms with Gasteiger partial charge in [-0.05, 0) is 0 Å². The normalized spacial score (nSPS) is 14.6. The zero-order valence-electron chi connectivity index (χ0n) is 13.8. The van der Waals surface area contributed by atoms with E-state index in [2.05, 4.69) is 19.9 Å². The molecule has 0 aromatic carbocycles. The second-order valence-electron chi connectivity index (χ2n) is 5.28. The maximum absolute atomic E-state index is 12.5. The number of hydrogen-bond donors (Lipinski definition) is 0. The molecule has 0 bridgehead atoms. The van der Waals surface area contributed by atoms with Gasteiger partial charge in [0.1, 0.15) is 5.69 Å². The Hall–Kier alpha value is -2.91. The predicted molar refractivity (Wildman–Crippen MR) is 84.3 cm³/mol. The van der Waals surface area contributed by atoms with Crippen LogP contribution in [0.3, 0.4) is 0 Å². The van der Waals surface area contributed by atoms with E-state index in [9.17, 15) is 4.79 Å². The van der Waals surface area contributed by atoms with Gasteiger partial charge in [-0.25, -0.2) is 4.98 Å². The molecule has 24 heavy (non-hydrogen) atoms. The summed E-state index contributed by atoms with van der Waals surface area (Å²) in [5, 5.41) is 0. The molecule has 0 unspecified atom stereocenters. The first-order chi connectivity index (χ1) is 11.6. The van der Waals surface area contributed by atoms with Crippen molar-refractivity contribution in [2.45, 2.75) is 0 Å². The molecule has 1 fully saturated rings. The van der Waals surface area contributed by atoms with Crippen LogP contribution in [0, 0.1) is 0 Å². The Balaban J connectivity index is 1.69. The highest BCUT2D eigenvalue weighted by atomic mass is 16.5. The molecule has 0 spiro atoms. The molecular formula is C14H19N7O3. The highest BCUT2D eigenvalue weighted by Crippen LogP contribution is 2.18. The van der Waals surface area contributed by atoms with Crippen molar-refractivity contribution in [2.24, 2.45) is 7.05 Å². The highest BCUT2D eigenvalue weighted by Gasteiger charge is 2.25. The van der Waals surface area contributed by atoms with E-state index in [-0.39, 0.29) is 17.9 Å². The molecule has 1 aliphatic rings. The van der Waals surface area contributed by atoms with E-state index in [0.717, 1.165) is 0 Å². The van der Waals surface area contributed by atoms with Gasteiger partial charge in [0, 0.05) is 33.2 Å². The Morgan fingerprint density at radius 3 is 2.17 bits per heavy atom. The molecule has 10 nitrogen and oxygen atoms in total. The Morgan fingerprint density at radius 2 is 1.67 bits per heavy atom. The van der Waals surface area contributed by atoms with Crippen LogP contribution >= 0.6 is 0 Å². The summed E-state index contributed by atoms with van der Waals surface area (Å²) in [5.74, 6) is 0.451. The van der Waals surface area contributed by atoms with Crippen LogP contribution in [0.15, 0.2) is 12.5 Å². The summed E-state index contributed by atoms with van der Waals surface area (Å²) in [6, 6.07) is 0.399. The summed E-state index contributed by atoms with van der Waals surface area (Å²) in [6.45, 7) is 2.36. The fourth-order valence-corrected chi connectivity index (χ4v) is 2.49. The van der Waals surface area contributed by atoms with E-state index in [0.29, 0.717) is 37.8 Å². The van der Waals surface area contributed by atoms with E-state index in [1.807, 2.05) is 4.90 Å². The zero-order valence-corrected chi connectivity index (χ0v) is 13.8. The standard InChI is InChI=1S/C14H19N7O3/c1-19-9-15-8-10(19)11(22)20-4-6-21(7-5-20)12-16-13(23-2)18-14(17-12)24-3/h8-9H,4-7H2,1-3H3. The van der Waals surface area contributed by atoms with Crippen molar-refractivity contribution in [3.05, 3.63) is 18.2 Å². The predicted octanol–water partition coefficient (Wildman–Crippen LogP) is -0.415. The number of methoxy groups -OCH3 is 2. The number of amides is 1. The van der Waals surface area contributed by atoms with Crippen LogP contribution in [0.5, 0.6) is 12.0 Å². The molecule has 1 saturated heterocycles. The monoisotopic (exact) mass is 333 g/mol. The average molecular weight is 333 g/mol. The van der Waals surface area contributed by atoms with E-state index in [4.69, 9.17) is 9.47 Å². The zero-order chi connectivity index (χ0) is 17.1. The van der Waals surface area contributed by atoms with Gasteiger partial charge in [-0.15, -0.1) is 4.98 Å². The van der Waals surface area contributed by atoms with Gasteiger partial charge in [0.05, 0.1) is 26.7 Å². The van der Waals surface area contributed by atoms with Crippen LogP contribution in [0.2, 0.25) is 0 Å². The number of nitrogens with zero attached hydrogens (tertiary/aromatic N) is 7. The van der Waals surface area contributed by atoms with Gasteiger partial charge >= 0.3 is 12.0 Å². The SMILES string of the molecule is COc1nc(OC)nc(N2CCN(C(=O)c3cncn3C)CC2)n1. The van der Waals surface area contributed by atoms with Crippen molar-refractivity contribution in [3.8, 4) is 12.0 Å². The number of rotatable bonds is 4. The van der Waals surface area contributed by atoms with Crippen LogP contribution in [0.25, 0.3) is 0 Å². The third kappa shape index (κ3) is 3.07. The first kappa shape index (κ1) is 16.0. The number of imidazole rings is 1. The van der Waals surface area contributed by atoms with E-state index >= 15 is 0 Å². The maximum atomic E-state index is 12.5. The topological polar surface area (TPSA) is 98.5 Å². The average Bonchev–Trinajstić information content (AvgIpc) is 3.06. The minimum absolute atomic E-state index is 0.0274. The Morgan fingerprint density at radius 1 is 1.04 bits per heavy atom. The molecule has 3 heterocycles. The number of anilines is 1.